The van der Waals surface area contributed by atoms with E-state index in [0.717, 1.165) is 12.0 Å². The average molecular weight is 238 g/mol. The van der Waals surface area contributed by atoms with Crippen LogP contribution in [0.15, 0.2) is 24.3 Å². The van der Waals surface area contributed by atoms with E-state index >= 15 is 0 Å². The number of urea groups is 1. The highest BCUT2D eigenvalue weighted by atomic mass is 19.1. The first-order valence-electron chi connectivity index (χ1n) is 5.61. The van der Waals surface area contributed by atoms with E-state index in [1.165, 1.54) is 12.1 Å². The molecule has 0 saturated heterocycles. The number of carbonyl (C=O) groups excluding carboxylic acids is 1. The Bertz CT molecular complexity index is 407. The molecule has 0 spiro atoms. The van der Waals surface area contributed by atoms with Crippen LogP contribution in [-0.4, -0.2) is 22.3 Å². The average Bonchev–Trinajstić information content (AvgIpc) is 2.78. The molecular weight excluding hydrogens is 223 g/mol. The molecule has 17 heavy (non-hydrogen) atoms. The van der Waals surface area contributed by atoms with Gasteiger partial charge in [-0.25, -0.2) is 14.2 Å². The summed E-state index contributed by atoms with van der Waals surface area (Å²) in [5, 5.41) is 10.0. The van der Waals surface area contributed by atoms with E-state index in [-0.39, 0.29) is 17.8 Å². The van der Waals surface area contributed by atoms with Gasteiger partial charge in [0.25, 0.3) is 0 Å². The molecule has 92 valence electrons. The number of hydrogen-bond acceptors (Lipinski definition) is 2. The number of benzene rings is 1. The zero-order chi connectivity index (χ0) is 12.4. The Kier molecular flexibility index (Phi) is 3.28. The predicted molar refractivity (Wildman–Crippen MR) is 60.0 cm³/mol. The van der Waals surface area contributed by atoms with Gasteiger partial charge in [-0.3, -0.25) is 5.21 Å². The van der Waals surface area contributed by atoms with Crippen molar-refractivity contribution in [3.63, 3.8) is 0 Å². The number of nitrogens with two attached hydrogens (primary N) is 1. The van der Waals surface area contributed by atoms with E-state index in [9.17, 15) is 14.4 Å². The van der Waals surface area contributed by atoms with Crippen LogP contribution >= 0.6 is 0 Å². The smallest absolute Gasteiger partial charge is 0.338 e. The molecule has 3 N–H and O–H groups in total. The van der Waals surface area contributed by atoms with Crippen molar-refractivity contribution in [1.29, 1.82) is 0 Å². The first-order chi connectivity index (χ1) is 8.08. The molecule has 2 amide bonds. The van der Waals surface area contributed by atoms with Gasteiger partial charge in [0.2, 0.25) is 0 Å². The summed E-state index contributed by atoms with van der Waals surface area (Å²) < 4.78 is 12.8. The van der Waals surface area contributed by atoms with Gasteiger partial charge < -0.3 is 5.73 Å². The lowest BCUT2D eigenvalue weighted by Gasteiger charge is -2.19. The van der Waals surface area contributed by atoms with Gasteiger partial charge in [-0.2, -0.15) is 0 Å². The van der Waals surface area contributed by atoms with Crippen LogP contribution in [0.4, 0.5) is 9.18 Å². The lowest BCUT2D eigenvalue weighted by Crippen LogP contribution is -2.39. The molecule has 1 fully saturated rings. The third-order valence-electron chi connectivity index (χ3n) is 3.32. The predicted octanol–water partition coefficient (Wildman–Crippen LogP) is 2.23. The van der Waals surface area contributed by atoms with Gasteiger partial charge in [0.15, 0.2) is 0 Å². The van der Waals surface area contributed by atoms with Crippen LogP contribution in [0.5, 0.6) is 0 Å². The van der Waals surface area contributed by atoms with Gasteiger partial charge in [0, 0.05) is 0 Å². The largest absolute Gasteiger partial charge is 0.350 e. The summed E-state index contributed by atoms with van der Waals surface area (Å²) in [5.41, 5.74) is 6.04. The number of amides is 2. The lowest BCUT2D eigenvalue weighted by molar-refractivity contribution is -0.0730. The van der Waals surface area contributed by atoms with Crippen molar-refractivity contribution in [2.45, 2.75) is 31.2 Å². The van der Waals surface area contributed by atoms with Crippen molar-refractivity contribution in [1.82, 2.24) is 5.06 Å². The molecule has 1 aliphatic carbocycles. The third-order valence-corrected chi connectivity index (χ3v) is 3.32. The van der Waals surface area contributed by atoms with Crippen LogP contribution in [0.1, 0.15) is 30.7 Å². The number of hydrogen-bond donors (Lipinski definition) is 2. The molecule has 0 aromatic heterocycles. The molecule has 0 heterocycles. The maximum atomic E-state index is 12.8. The molecule has 0 bridgehead atoms. The van der Waals surface area contributed by atoms with E-state index in [2.05, 4.69) is 0 Å². The Morgan fingerprint density at radius 2 is 2.00 bits per heavy atom. The van der Waals surface area contributed by atoms with Crippen LogP contribution in [0.3, 0.4) is 0 Å². The molecule has 2 rings (SSSR count). The van der Waals surface area contributed by atoms with E-state index < -0.39 is 6.03 Å². The van der Waals surface area contributed by atoms with Crippen LogP contribution in [0, 0.1) is 5.82 Å². The fourth-order valence-electron chi connectivity index (χ4n) is 2.40. The summed E-state index contributed by atoms with van der Waals surface area (Å²) in [5.74, 6) is -0.0150. The zero-order valence-electron chi connectivity index (χ0n) is 9.34. The third kappa shape index (κ3) is 2.55. The van der Waals surface area contributed by atoms with E-state index in [4.69, 9.17) is 5.73 Å². The highest BCUT2D eigenvalue weighted by molar-refractivity contribution is 5.70. The maximum absolute atomic E-state index is 12.8. The zero-order valence-corrected chi connectivity index (χ0v) is 9.34. The van der Waals surface area contributed by atoms with Crippen molar-refractivity contribution in [3.8, 4) is 0 Å². The minimum Gasteiger partial charge on any atom is -0.350 e. The first-order valence-corrected chi connectivity index (χ1v) is 5.61. The highest BCUT2D eigenvalue weighted by Gasteiger charge is 2.31. The standard InChI is InChI=1S/C12H15FN2O2/c13-10-4-1-8(2-5-10)9-3-6-11(7-9)15(17)12(14)16/h1-2,4-5,9,11,17H,3,6-7H2,(H2,14,16)/t9-,11+/m1/s1. The van der Waals surface area contributed by atoms with Crippen molar-refractivity contribution >= 4 is 6.03 Å². The second-order valence-corrected chi connectivity index (χ2v) is 4.40. The summed E-state index contributed by atoms with van der Waals surface area (Å²) >= 11 is 0. The number of primary amides is 1. The van der Waals surface area contributed by atoms with E-state index in [1.807, 2.05) is 0 Å². The second-order valence-electron chi connectivity index (χ2n) is 4.40. The summed E-state index contributed by atoms with van der Waals surface area (Å²) in [6, 6.07) is 5.28. The SMILES string of the molecule is NC(=O)N(O)[C@H]1CC[C@@H](c2ccc(F)cc2)C1. The summed E-state index contributed by atoms with van der Waals surface area (Å²) in [7, 11) is 0. The molecule has 5 heteroatoms. The quantitative estimate of drug-likeness (QED) is 0.613. The van der Waals surface area contributed by atoms with Gasteiger partial charge in [-0.05, 0) is 42.9 Å². The molecular formula is C12H15FN2O2. The van der Waals surface area contributed by atoms with E-state index in [0.29, 0.717) is 17.9 Å². The Hall–Kier alpha value is -1.62. The number of carbonyl (C=O) groups is 1. The molecule has 4 nitrogen and oxygen atoms in total. The number of hydroxylamine groups is 2. The fourth-order valence-corrected chi connectivity index (χ4v) is 2.40. The molecule has 2 atom stereocenters. The molecule has 0 unspecified atom stereocenters. The number of rotatable bonds is 2. The van der Waals surface area contributed by atoms with Crippen molar-refractivity contribution in [2.75, 3.05) is 0 Å². The monoisotopic (exact) mass is 238 g/mol. The van der Waals surface area contributed by atoms with Gasteiger partial charge in [-0.15, -0.1) is 0 Å². The van der Waals surface area contributed by atoms with Crippen molar-refractivity contribution < 1.29 is 14.4 Å². The molecule has 1 aromatic rings. The molecule has 1 aliphatic rings. The highest BCUT2D eigenvalue weighted by Crippen LogP contribution is 2.36. The number of nitrogens with zero attached hydrogens (tertiary/aromatic N) is 1. The van der Waals surface area contributed by atoms with Gasteiger partial charge in [0.05, 0.1) is 6.04 Å². The Morgan fingerprint density at radius 3 is 2.59 bits per heavy atom. The van der Waals surface area contributed by atoms with Gasteiger partial charge in [0.1, 0.15) is 5.82 Å². The Labute approximate surface area is 98.8 Å². The molecule has 1 saturated carbocycles. The van der Waals surface area contributed by atoms with Crippen LogP contribution in [0.2, 0.25) is 0 Å². The molecule has 0 aliphatic heterocycles. The van der Waals surface area contributed by atoms with Crippen LogP contribution < -0.4 is 5.73 Å². The molecule has 1 aromatic carbocycles. The minimum absolute atomic E-state index is 0.234. The maximum Gasteiger partial charge on any atom is 0.338 e. The summed E-state index contributed by atoms with van der Waals surface area (Å²) in [4.78, 5) is 10.8. The van der Waals surface area contributed by atoms with Gasteiger partial charge in [-0.1, -0.05) is 12.1 Å². The topological polar surface area (TPSA) is 66.6 Å². The summed E-state index contributed by atoms with van der Waals surface area (Å²) in [6.07, 6.45) is 2.23. The van der Waals surface area contributed by atoms with Crippen molar-refractivity contribution in [2.24, 2.45) is 5.73 Å². The van der Waals surface area contributed by atoms with Crippen LogP contribution in [-0.2, 0) is 0 Å². The van der Waals surface area contributed by atoms with E-state index in [1.54, 1.807) is 12.1 Å². The fraction of sp³-hybridized carbons (Fsp3) is 0.417. The summed E-state index contributed by atoms with van der Waals surface area (Å²) in [6.45, 7) is 0. The minimum atomic E-state index is -0.824. The lowest BCUT2D eigenvalue weighted by atomic mass is 9.97. The first kappa shape index (κ1) is 11.9. The van der Waals surface area contributed by atoms with Crippen LogP contribution in [0.25, 0.3) is 0 Å². The molecule has 0 radical (unpaired) electrons. The Morgan fingerprint density at radius 1 is 1.35 bits per heavy atom. The van der Waals surface area contributed by atoms with Crippen molar-refractivity contribution in [3.05, 3.63) is 35.6 Å². The number of halogens is 1. The second kappa shape index (κ2) is 4.71. The van der Waals surface area contributed by atoms with Gasteiger partial charge >= 0.3 is 6.03 Å². The Balaban J connectivity index is 2.02. The normalized spacial score (nSPS) is 23.6.